The molecule has 18 heavy (non-hydrogen) atoms. The standard InChI is InChI=1S/C14H23N3O/c15-9-14-8-13(4-6-17-14)10-16-5-1-7-18-11-12-2-3-12/h4,6,8,12,16H,1-3,5,7,9-11,15H2. The van der Waals surface area contributed by atoms with Gasteiger partial charge in [0.2, 0.25) is 0 Å². The minimum atomic E-state index is 0.503. The van der Waals surface area contributed by atoms with Gasteiger partial charge in [-0.25, -0.2) is 0 Å². The summed E-state index contributed by atoms with van der Waals surface area (Å²) in [5.41, 5.74) is 7.74. The number of nitrogens with two attached hydrogens (primary N) is 1. The first-order valence-electron chi connectivity index (χ1n) is 6.81. The summed E-state index contributed by atoms with van der Waals surface area (Å²) in [5, 5.41) is 3.41. The van der Waals surface area contributed by atoms with E-state index in [-0.39, 0.29) is 0 Å². The number of rotatable bonds is 9. The molecule has 2 rings (SSSR count). The van der Waals surface area contributed by atoms with Gasteiger partial charge in [0.05, 0.1) is 5.69 Å². The second kappa shape index (κ2) is 7.46. The lowest BCUT2D eigenvalue weighted by molar-refractivity contribution is 0.122. The molecule has 0 saturated heterocycles. The fourth-order valence-corrected chi connectivity index (χ4v) is 1.82. The maximum absolute atomic E-state index is 5.58. The topological polar surface area (TPSA) is 60.2 Å². The molecular weight excluding hydrogens is 226 g/mol. The highest BCUT2D eigenvalue weighted by Crippen LogP contribution is 2.28. The van der Waals surface area contributed by atoms with Crippen molar-refractivity contribution in [1.29, 1.82) is 0 Å². The Morgan fingerprint density at radius 3 is 3.11 bits per heavy atom. The number of nitrogens with one attached hydrogen (secondary N) is 1. The molecule has 0 spiro atoms. The van der Waals surface area contributed by atoms with E-state index in [9.17, 15) is 0 Å². The Bertz CT molecular complexity index is 353. The number of pyridine rings is 1. The Kier molecular flexibility index (Phi) is 5.58. The summed E-state index contributed by atoms with van der Waals surface area (Å²) in [6, 6.07) is 4.08. The first kappa shape index (κ1) is 13.5. The minimum absolute atomic E-state index is 0.503. The van der Waals surface area contributed by atoms with Crippen molar-refractivity contribution in [1.82, 2.24) is 10.3 Å². The number of nitrogens with zero attached hydrogens (tertiary/aromatic N) is 1. The average Bonchev–Trinajstić information content (AvgIpc) is 3.22. The van der Waals surface area contributed by atoms with Gasteiger partial charge in [0, 0.05) is 32.5 Å². The van der Waals surface area contributed by atoms with Crippen LogP contribution < -0.4 is 11.1 Å². The first-order valence-corrected chi connectivity index (χ1v) is 6.81. The summed E-state index contributed by atoms with van der Waals surface area (Å²) >= 11 is 0. The predicted octanol–water partition coefficient (Wildman–Crippen LogP) is 1.45. The van der Waals surface area contributed by atoms with Crippen molar-refractivity contribution in [3.05, 3.63) is 29.6 Å². The molecule has 0 aliphatic heterocycles. The van der Waals surface area contributed by atoms with Crippen LogP contribution >= 0.6 is 0 Å². The first-order chi connectivity index (χ1) is 8.88. The van der Waals surface area contributed by atoms with Gasteiger partial charge >= 0.3 is 0 Å². The molecular formula is C14H23N3O. The maximum Gasteiger partial charge on any atom is 0.0542 e. The van der Waals surface area contributed by atoms with Gasteiger partial charge in [0.25, 0.3) is 0 Å². The molecule has 0 radical (unpaired) electrons. The monoisotopic (exact) mass is 249 g/mol. The highest BCUT2D eigenvalue weighted by Gasteiger charge is 2.20. The van der Waals surface area contributed by atoms with E-state index in [1.807, 2.05) is 12.3 Å². The smallest absolute Gasteiger partial charge is 0.0542 e. The average molecular weight is 249 g/mol. The zero-order valence-electron chi connectivity index (χ0n) is 10.9. The van der Waals surface area contributed by atoms with Crippen molar-refractivity contribution in [2.75, 3.05) is 19.8 Å². The molecule has 3 N–H and O–H groups in total. The molecule has 1 heterocycles. The molecule has 1 aliphatic rings. The molecule has 1 aromatic heterocycles. The van der Waals surface area contributed by atoms with Gasteiger partial charge in [-0.1, -0.05) is 0 Å². The molecule has 0 unspecified atom stereocenters. The Hall–Kier alpha value is -0.970. The molecule has 1 saturated carbocycles. The number of aromatic nitrogens is 1. The van der Waals surface area contributed by atoms with Crippen LogP contribution in [0.15, 0.2) is 18.3 Å². The van der Waals surface area contributed by atoms with Crippen LogP contribution in [-0.4, -0.2) is 24.7 Å². The molecule has 4 heteroatoms. The lowest BCUT2D eigenvalue weighted by Crippen LogP contribution is -2.17. The normalized spacial score (nSPS) is 14.9. The van der Waals surface area contributed by atoms with Gasteiger partial charge in [-0.05, 0) is 49.4 Å². The lowest BCUT2D eigenvalue weighted by Gasteiger charge is -2.06. The molecule has 1 aliphatic carbocycles. The molecule has 4 nitrogen and oxygen atoms in total. The van der Waals surface area contributed by atoms with E-state index in [2.05, 4.69) is 16.4 Å². The summed E-state index contributed by atoms with van der Waals surface area (Å²) in [5.74, 6) is 0.865. The summed E-state index contributed by atoms with van der Waals surface area (Å²) in [4.78, 5) is 4.18. The third kappa shape index (κ3) is 5.12. The Labute approximate surface area is 109 Å². The molecule has 0 bridgehead atoms. The third-order valence-corrected chi connectivity index (χ3v) is 3.11. The van der Waals surface area contributed by atoms with Crippen LogP contribution in [0.5, 0.6) is 0 Å². The molecule has 1 aromatic rings. The van der Waals surface area contributed by atoms with Crippen LogP contribution in [0.3, 0.4) is 0 Å². The fourth-order valence-electron chi connectivity index (χ4n) is 1.82. The van der Waals surface area contributed by atoms with Gasteiger partial charge in [-0.2, -0.15) is 0 Å². The number of hydrogen-bond acceptors (Lipinski definition) is 4. The second-order valence-corrected chi connectivity index (χ2v) is 4.91. The summed E-state index contributed by atoms with van der Waals surface area (Å²) in [7, 11) is 0. The van der Waals surface area contributed by atoms with Crippen molar-refractivity contribution >= 4 is 0 Å². The van der Waals surface area contributed by atoms with Crippen LogP contribution in [0.25, 0.3) is 0 Å². The van der Waals surface area contributed by atoms with E-state index >= 15 is 0 Å². The Morgan fingerprint density at radius 2 is 2.33 bits per heavy atom. The summed E-state index contributed by atoms with van der Waals surface area (Å²) < 4.78 is 5.58. The predicted molar refractivity (Wildman–Crippen MR) is 72.0 cm³/mol. The Balaban J connectivity index is 1.51. The van der Waals surface area contributed by atoms with E-state index < -0.39 is 0 Å². The van der Waals surface area contributed by atoms with Crippen molar-refractivity contribution < 1.29 is 4.74 Å². The van der Waals surface area contributed by atoms with Gasteiger partial charge < -0.3 is 15.8 Å². The third-order valence-electron chi connectivity index (χ3n) is 3.11. The quantitative estimate of drug-likeness (QED) is 0.650. The molecule has 0 amide bonds. The van der Waals surface area contributed by atoms with Crippen LogP contribution in [0, 0.1) is 5.92 Å². The highest BCUT2D eigenvalue weighted by atomic mass is 16.5. The highest BCUT2D eigenvalue weighted by molar-refractivity contribution is 5.15. The Morgan fingerprint density at radius 1 is 1.44 bits per heavy atom. The summed E-state index contributed by atoms with van der Waals surface area (Å²) in [6.45, 7) is 4.20. The zero-order chi connectivity index (χ0) is 12.6. The minimum Gasteiger partial charge on any atom is -0.381 e. The van der Waals surface area contributed by atoms with Crippen molar-refractivity contribution in [2.45, 2.75) is 32.4 Å². The molecule has 0 aromatic carbocycles. The van der Waals surface area contributed by atoms with Gasteiger partial charge in [0.15, 0.2) is 0 Å². The van der Waals surface area contributed by atoms with Crippen molar-refractivity contribution in [3.8, 4) is 0 Å². The van der Waals surface area contributed by atoms with Gasteiger partial charge in [-0.3, -0.25) is 4.98 Å². The van der Waals surface area contributed by atoms with Crippen LogP contribution in [0.4, 0.5) is 0 Å². The van der Waals surface area contributed by atoms with Crippen LogP contribution in [0.2, 0.25) is 0 Å². The van der Waals surface area contributed by atoms with E-state index in [1.165, 1.54) is 18.4 Å². The number of ether oxygens (including phenoxy) is 1. The molecule has 100 valence electrons. The molecule has 1 fully saturated rings. The SMILES string of the molecule is NCc1cc(CNCCCOCC2CC2)ccn1. The largest absolute Gasteiger partial charge is 0.381 e. The van der Waals surface area contributed by atoms with Gasteiger partial charge in [-0.15, -0.1) is 0 Å². The van der Waals surface area contributed by atoms with E-state index in [0.29, 0.717) is 6.54 Å². The van der Waals surface area contributed by atoms with Crippen LogP contribution in [0.1, 0.15) is 30.5 Å². The summed E-state index contributed by atoms with van der Waals surface area (Å²) in [6.07, 6.45) is 5.62. The van der Waals surface area contributed by atoms with Crippen molar-refractivity contribution in [2.24, 2.45) is 11.7 Å². The van der Waals surface area contributed by atoms with Crippen LogP contribution in [-0.2, 0) is 17.8 Å². The molecule has 0 atom stereocenters. The van der Waals surface area contributed by atoms with E-state index in [1.54, 1.807) is 0 Å². The zero-order valence-corrected chi connectivity index (χ0v) is 10.9. The van der Waals surface area contributed by atoms with Crippen molar-refractivity contribution in [3.63, 3.8) is 0 Å². The lowest BCUT2D eigenvalue weighted by atomic mass is 10.2. The van der Waals surface area contributed by atoms with E-state index in [4.69, 9.17) is 10.5 Å². The fraction of sp³-hybridized carbons (Fsp3) is 0.643. The number of hydrogen-bond donors (Lipinski definition) is 2. The maximum atomic E-state index is 5.58. The van der Waals surface area contributed by atoms with Gasteiger partial charge in [0.1, 0.15) is 0 Å². The van der Waals surface area contributed by atoms with E-state index in [0.717, 1.165) is 44.3 Å². The second-order valence-electron chi connectivity index (χ2n) is 4.91.